The third-order valence-corrected chi connectivity index (χ3v) is 6.30. The van der Waals surface area contributed by atoms with Crippen LogP contribution < -0.4 is 10.6 Å². The van der Waals surface area contributed by atoms with E-state index in [1.54, 1.807) is 6.92 Å². The van der Waals surface area contributed by atoms with Crippen LogP contribution in [0.25, 0.3) is 11.1 Å². The number of rotatable bonds is 8. The number of hydrogen-bond donors (Lipinski definition) is 3. The van der Waals surface area contributed by atoms with Gasteiger partial charge >= 0.3 is 12.1 Å². The molecule has 2 aliphatic rings. The Balaban J connectivity index is 1.23. The first kappa shape index (κ1) is 22.8. The number of nitrogens with one attached hydrogen (secondary N) is 2. The molecule has 2 aromatic rings. The molecule has 0 bridgehead atoms. The van der Waals surface area contributed by atoms with E-state index in [0.29, 0.717) is 19.4 Å². The Morgan fingerprint density at radius 3 is 2.36 bits per heavy atom. The summed E-state index contributed by atoms with van der Waals surface area (Å²) in [6.45, 7) is 2.54. The molecule has 174 valence electrons. The number of ether oxygens (including phenoxy) is 2. The van der Waals surface area contributed by atoms with Crippen molar-refractivity contribution in [3.63, 3.8) is 0 Å². The van der Waals surface area contributed by atoms with Crippen molar-refractivity contribution in [1.29, 1.82) is 0 Å². The monoisotopic (exact) mass is 452 g/mol. The summed E-state index contributed by atoms with van der Waals surface area (Å²) in [7, 11) is 0. The zero-order chi connectivity index (χ0) is 23.4. The lowest BCUT2D eigenvalue weighted by molar-refractivity contribution is -0.148. The molecule has 8 heteroatoms. The summed E-state index contributed by atoms with van der Waals surface area (Å²) in [6.07, 6.45) is -0.672. The number of alkyl carbamates (subject to hydrolysis) is 1. The van der Waals surface area contributed by atoms with Gasteiger partial charge in [-0.2, -0.15) is 0 Å². The Kier molecular flexibility index (Phi) is 6.93. The Hall–Kier alpha value is -3.39. The average molecular weight is 453 g/mol. The SMILES string of the molecule is CC(CCNC(=O)OCC1c2ccccc2-c2ccccc21)C(=O)N[C@H]1CCO[C@H]1C(=O)O. The van der Waals surface area contributed by atoms with Gasteiger partial charge in [-0.25, -0.2) is 9.59 Å². The number of aliphatic carboxylic acids is 1. The molecule has 0 spiro atoms. The molecule has 2 aromatic carbocycles. The molecule has 1 aliphatic heterocycles. The van der Waals surface area contributed by atoms with E-state index in [0.717, 1.165) is 11.1 Å². The van der Waals surface area contributed by atoms with Gasteiger partial charge < -0.3 is 25.2 Å². The average Bonchev–Trinajstić information content (AvgIpc) is 3.40. The van der Waals surface area contributed by atoms with Gasteiger partial charge in [0.25, 0.3) is 0 Å². The lowest BCUT2D eigenvalue weighted by atomic mass is 9.98. The topological polar surface area (TPSA) is 114 Å². The number of carbonyl (C=O) groups excluding carboxylic acids is 2. The first-order chi connectivity index (χ1) is 16.0. The van der Waals surface area contributed by atoms with Crippen LogP contribution in [-0.2, 0) is 19.1 Å². The predicted molar refractivity (Wildman–Crippen MR) is 121 cm³/mol. The van der Waals surface area contributed by atoms with Crippen molar-refractivity contribution >= 4 is 18.0 Å². The zero-order valence-corrected chi connectivity index (χ0v) is 18.5. The molecule has 0 saturated carbocycles. The highest BCUT2D eigenvalue weighted by molar-refractivity contribution is 5.81. The van der Waals surface area contributed by atoms with E-state index < -0.39 is 30.1 Å². The van der Waals surface area contributed by atoms with Crippen LogP contribution in [0.1, 0.15) is 36.8 Å². The summed E-state index contributed by atoms with van der Waals surface area (Å²) >= 11 is 0. The number of carbonyl (C=O) groups is 3. The van der Waals surface area contributed by atoms with Crippen LogP contribution in [0.5, 0.6) is 0 Å². The highest BCUT2D eigenvalue weighted by atomic mass is 16.5. The summed E-state index contributed by atoms with van der Waals surface area (Å²) < 4.78 is 10.6. The van der Waals surface area contributed by atoms with Gasteiger partial charge in [0.05, 0.1) is 6.04 Å². The molecule has 1 fully saturated rings. The largest absolute Gasteiger partial charge is 0.479 e. The van der Waals surface area contributed by atoms with E-state index in [-0.39, 0.29) is 25.0 Å². The van der Waals surface area contributed by atoms with Crippen LogP contribution in [0.4, 0.5) is 4.79 Å². The fourth-order valence-corrected chi connectivity index (χ4v) is 4.48. The number of benzene rings is 2. The molecule has 2 amide bonds. The fourth-order valence-electron chi connectivity index (χ4n) is 4.48. The van der Waals surface area contributed by atoms with Crippen molar-refractivity contribution in [3.8, 4) is 11.1 Å². The minimum Gasteiger partial charge on any atom is -0.479 e. The van der Waals surface area contributed by atoms with Gasteiger partial charge in [-0.15, -0.1) is 0 Å². The van der Waals surface area contributed by atoms with E-state index in [1.165, 1.54) is 11.1 Å². The molecule has 33 heavy (non-hydrogen) atoms. The van der Waals surface area contributed by atoms with E-state index in [9.17, 15) is 14.4 Å². The molecule has 1 unspecified atom stereocenters. The van der Waals surface area contributed by atoms with Gasteiger partial charge in [0.15, 0.2) is 6.10 Å². The van der Waals surface area contributed by atoms with Crippen molar-refractivity contribution in [2.75, 3.05) is 19.8 Å². The molecule has 4 rings (SSSR count). The molecule has 1 heterocycles. The van der Waals surface area contributed by atoms with Crippen molar-refractivity contribution in [1.82, 2.24) is 10.6 Å². The fraction of sp³-hybridized carbons (Fsp3) is 0.400. The number of amides is 2. The highest BCUT2D eigenvalue weighted by Crippen LogP contribution is 2.44. The van der Waals surface area contributed by atoms with Gasteiger partial charge in [-0.05, 0) is 35.1 Å². The van der Waals surface area contributed by atoms with E-state index in [4.69, 9.17) is 14.6 Å². The number of carboxylic acids is 1. The predicted octanol–water partition coefficient (Wildman–Crippen LogP) is 2.91. The van der Waals surface area contributed by atoms with E-state index in [2.05, 4.69) is 34.9 Å². The van der Waals surface area contributed by atoms with Gasteiger partial charge in [0.2, 0.25) is 5.91 Å². The molecule has 3 atom stereocenters. The minimum atomic E-state index is -1.08. The molecular formula is C25H28N2O6. The molecule has 0 aromatic heterocycles. The maximum absolute atomic E-state index is 12.4. The van der Waals surface area contributed by atoms with Gasteiger partial charge in [-0.3, -0.25) is 4.79 Å². The van der Waals surface area contributed by atoms with Crippen LogP contribution in [0.2, 0.25) is 0 Å². The van der Waals surface area contributed by atoms with Crippen LogP contribution in [0, 0.1) is 5.92 Å². The summed E-state index contributed by atoms with van der Waals surface area (Å²) in [5, 5.41) is 14.6. The minimum absolute atomic E-state index is 0.0105. The van der Waals surface area contributed by atoms with Gasteiger partial charge in [0.1, 0.15) is 6.61 Å². The molecular weight excluding hydrogens is 424 g/mol. The standard InChI is InChI=1S/C25H28N2O6/c1-15(23(28)27-21-11-13-32-22(21)24(29)30)10-12-26-25(31)33-14-20-18-8-4-2-6-16(18)17-7-3-5-9-19(17)20/h2-9,15,20-22H,10-14H2,1H3,(H,26,31)(H,27,28)(H,29,30)/t15?,21-,22+/m0/s1. The molecule has 1 saturated heterocycles. The van der Waals surface area contributed by atoms with Crippen LogP contribution in [0.15, 0.2) is 48.5 Å². The summed E-state index contributed by atoms with van der Waals surface area (Å²) in [5.41, 5.74) is 4.62. The molecule has 8 nitrogen and oxygen atoms in total. The quantitative estimate of drug-likeness (QED) is 0.568. The highest BCUT2D eigenvalue weighted by Gasteiger charge is 2.35. The number of carboxylic acid groups (broad SMARTS) is 1. The second-order valence-electron chi connectivity index (χ2n) is 8.48. The summed E-state index contributed by atoms with van der Waals surface area (Å²) in [5.74, 6) is -1.74. The van der Waals surface area contributed by atoms with Gasteiger partial charge in [0, 0.05) is 25.0 Å². The van der Waals surface area contributed by atoms with Gasteiger partial charge in [-0.1, -0.05) is 55.5 Å². The Morgan fingerprint density at radius 2 is 1.73 bits per heavy atom. The maximum Gasteiger partial charge on any atom is 0.407 e. The number of hydrogen-bond acceptors (Lipinski definition) is 5. The normalized spacial score (nSPS) is 19.9. The molecule has 1 aliphatic carbocycles. The summed E-state index contributed by atoms with van der Waals surface area (Å²) in [6, 6.07) is 15.7. The van der Waals surface area contributed by atoms with E-state index >= 15 is 0 Å². The number of fused-ring (bicyclic) bond motifs is 3. The van der Waals surface area contributed by atoms with Crippen LogP contribution in [-0.4, -0.2) is 55.0 Å². The second kappa shape index (κ2) is 10.0. The lowest BCUT2D eigenvalue weighted by Gasteiger charge is -2.19. The zero-order valence-electron chi connectivity index (χ0n) is 18.5. The first-order valence-electron chi connectivity index (χ1n) is 11.2. The van der Waals surface area contributed by atoms with Crippen LogP contribution >= 0.6 is 0 Å². The Bertz CT molecular complexity index is 994. The van der Waals surface area contributed by atoms with Crippen molar-refractivity contribution in [2.45, 2.75) is 37.8 Å². The smallest absolute Gasteiger partial charge is 0.407 e. The van der Waals surface area contributed by atoms with Crippen molar-refractivity contribution in [3.05, 3.63) is 59.7 Å². The molecule has 0 radical (unpaired) electrons. The summed E-state index contributed by atoms with van der Waals surface area (Å²) in [4.78, 5) is 35.8. The third kappa shape index (κ3) is 5.01. The van der Waals surface area contributed by atoms with Crippen LogP contribution in [0.3, 0.4) is 0 Å². The second-order valence-corrected chi connectivity index (χ2v) is 8.48. The molecule has 3 N–H and O–H groups in total. The lowest BCUT2D eigenvalue weighted by Crippen LogP contribution is -2.46. The Morgan fingerprint density at radius 1 is 1.09 bits per heavy atom. The third-order valence-electron chi connectivity index (χ3n) is 6.30. The first-order valence-corrected chi connectivity index (χ1v) is 11.2. The van der Waals surface area contributed by atoms with E-state index in [1.807, 2.05) is 24.3 Å². The Labute approximate surface area is 192 Å². The van der Waals surface area contributed by atoms with Crippen molar-refractivity contribution in [2.24, 2.45) is 5.92 Å². The maximum atomic E-state index is 12.4. The van der Waals surface area contributed by atoms with Crippen molar-refractivity contribution < 1.29 is 29.0 Å².